The first-order chi connectivity index (χ1) is 11.7. The van der Waals surface area contributed by atoms with E-state index in [0.717, 1.165) is 6.42 Å². The van der Waals surface area contributed by atoms with Crippen LogP contribution in [0.1, 0.15) is 50.0 Å². The van der Waals surface area contributed by atoms with Crippen molar-refractivity contribution in [2.24, 2.45) is 0 Å². The van der Waals surface area contributed by atoms with E-state index in [0.29, 0.717) is 0 Å². The quantitative estimate of drug-likeness (QED) is 0.599. The number of benzene rings is 1. The molecule has 25 heavy (non-hydrogen) atoms. The van der Waals surface area contributed by atoms with Crippen molar-refractivity contribution in [2.75, 3.05) is 14.2 Å². The highest BCUT2D eigenvalue weighted by Gasteiger charge is 2.51. The smallest absolute Gasteiger partial charge is 0.487 e. The average Bonchev–Trinajstić information content (AvgIpc) is 2.82. The second kappa shape index (κ2) is 7.18. The van der Waals surface area contributed by atoms with Crippen molar-refractivity contribution >= 4 is 19.2 Å². The van der Waals surface area contributed by atoms with E-state index in [1.807, 2.05) is 27.7 Å². The first-order valence-electron chi connectivity index (χ1n) is 8.17. The topological polar surface area (TPSA) is 54.0 Å². The van der Waals surface area contributed by atoms with E-state index in [9.17, 15) is 9.18 Å². The van der Waals surface area contributed by atoms with Crippen LogP contribution in [0.25, 0.3) is 6.08 Å². The van der Waals surface area contributed by atoms with Crippen LogP contribution < -0.4 is 4.74 Å². The lowest BCUT2D eigenvalue weighted by Gasteiger charge is -2.35. The lowest BCUT2D eigenvalue weighted by molar-refractivity contribution is -0.0118. The summed E-state index contributed by atoms with van der Waals surface area (Å²) in [7, 11) is 2.00. The summed E-state index contributed by atoms with van der Waals surface area (Å²) in [6, 6.07) is 2.71. The average molecular weight is 350 g/mol. The van der Waals surface area contributed by atoms with Gasteiger partial charge in [0.15, 0.2) is 11.6 Å². The van der Waals surface area contributed by atoms with E-state index in [2.05, 4.69) is 4.74 Å². The summed E-state index contributed by atoms with van der Waals surface area (Å²) in [5.74, 6) is 0.458. The van der Waals surface area contributed by atoms with Crippen molar-refractivity contribution in [3.05, 3.63) is 35.1 Å². The van der Waals surface area contributed by atoms with Gasteiger partial charge in [0.25, 0.3) is 0 Å². The number of methoxy groups -OCH3 is 2. The van der Waals surface area contributed by atoms with Crippen molar-refractivity contribution in [2.45, 2.75) is 45.3 Å². The van der Waals surface area contributed by atoms with E-state index in [4.69, 9.17) is 14.0 Å². The second-order valence-corrected chi connectivity index (χ2v) is 6.63. The van der Waals surface area contributed by atoms with E-state index >= 15 is 0 Å². The molecule has 0 spiro atoms. The highest BCUT2D eigenvalue weighted by Crippen LogP contribution is 2.40. The zero-order valence-electron chi connectivity index (χ0n) is 15.5. The van der Waals surface area contributed by atoms with Crippen LogP contribution in [0.15, 0.2) is 18.1 Å². The van der Waals surface area contributed by atoms with Crippen LogP contribution in [-0.4, -0.2) is 38.5 Å². The van der Waals surface area contributed by atoms with Crippen molar-refractivity contribution in [1.82, 2.24) is 0 Å². The number of ether oxygens (including phenoxy) is 2. The van der Waals surface area contributed by atoms with E-state index < -0.39 is 30.1 Å². The van der Waals surface area contributed by atoms with Crippen molar-refractivity contribution in [3.8, 4) is 5.75 Å². The Hall–Kier alpha value is -1.86. The molecule has 0 aromatic heterocycles. The Morgan fingerprint density at radius 3 is 2.48 bits per heavy atom. The van der Waals surface area contributed by atoms with Gasteiger partial charge in [-0.2, -0.15) is 0 Å². The van der Waals surface area contributed by atoms with Gasteiger partial charge < -0.3 is 18.8 Å². The van der Waals surface area contributed by atoms with Gasteiger partial charge in [-0.15, -0.1) is 0 Å². The van der Waals surface area contributed by atoms with Gasteiger partial charge in [-0.3, -0.25) is 0 Å². The molecule has 0 amide bonds. The third kappa shape index (κ3) is 3.72. The number of esters is 1. The SMILES string of the molecule is CCC1(C)OB(C=Cc2cc(C(=O)OC)cc(OC)c2F)OC1(C)C. The van der Waals surface area contributed by atoms with Crippen LogP contribution in [0.5, 0.6) is 5.75 Å². The highest BCUT2D eigenvalue weighted by molar-refractivity contribution is 6.52. The Kier molecular flexibility index (Phi) is 5.59. The minimum absolute atomic E-state index is 0.0328. The molecule has 1 aliphatic heterocycles. The van der Waals surface area contributed by atoms with Crippen LogP contribution in [-0.2, 0) is 14.0 Å². The van der Waals surface area contributed by atoms with E-state index in [1.165, 1.54) is 32.4 Å². The fraction of sp³-hybridized carbons (Fsp3) is 0.500. The molecular weight excluding hydrogens is 326 g/mol. The zero-order valence-corrected chi connectivity index (χ0v) is 15.5. The summed E-state index contributed by atoms with van der Waals surface area (Å²) in [5, 5.41) is 0. The molecule has 0 aliphatic carbocycles. The highest BCUT2D eigenvalue weighted by atomic mass is 19.1. The molecule has 136 valence electrons. The van der Waals surface area contributed by atoms with Crippen LogP contribution in [0.2, 0.25) is 0 Å². The summed E-state index contributed by atoms with van der Waals surface area (Å²) in [6.07, 6.45) is 2.30. The summed E-state index contributed by atoms with van der Waals surface area (Å²) in [4.78, 5) is 11.7. The predicted molar refractivity (Wildman–Crippen MR) is 94.0 cm³/mol. The van der Waals surface area contributed by atoms with Gasteiger partial charge in [-0.05, 0) is 39.3 Å². The molecular formula is C18H24BFO5. The molecule has 0 saturated carbocycles. The molecule has 5 nitrogen and oxygen atoms in total. The fourth-order valence-corrected chi connectivity index (χ4v) is 2.73. The molecule has 1 saturated heterocycles. The summed E-state index contributed by atoms with van der Waals surface area (Å²) in [6.45, 7) is 7.95. The third-order valence-corrected chi connectivity index (χ3v) is 4.88. The van der Waals surface area contributed by atoms with Crippen molar-refractivity contribution in [3.63, 3.8) is 0 Å². The second-order valence-electron chi connectivity index (χ2n) is 6.63. The van der Waals surface area contributed by atoms with Crippen molar-refractivity contribution in [1.29, 1.82) is 0 Å². The van der Waals surface area contributed by atoms with Gasteiger partial charge in [0.2, 0.25) is 0 Å². The van der Waals surface area contributed by atoms with Crippen LogP contribution in [0, 0.1) is 5.82 Å². The van der Waals surface area contributed by atoms with Crippen molar-refractivity contribution < 1.29 is 28.0 Å². The molecule has 7 heteroatoms. The monoisotopic (exact) mass is 350 g/mol. The summed E-state index contributed by atoms with van der Waals surface area (Å²) < 4.78 is 36.0. The van der Waals surface area contributed by atoms with Gasteiger partial charge in [0.05, 0.1) is 31.0 Å². The Morgan fingerprint density at radius 2 is 1.96 bits per heavy atom. The lowest BCUT2D eigenvalue weighted by atomic mass is 9.86. The third-order valence-electron chi connectivity index (χ3n) is 4.88. The first-order valence-corrected chi connectivity index (χ1v) is 8.17. The van der Waals surface area contributed by atoms with Gasteiger partial charge in [-0.1, -0.05) is 19.0 Å². The Labute approximate surface area is 148 Å². The maximum Gasteiger partial charge on any atom is 0.487 e. The number of carbonyl (C=O) groups excluding carboxylic acids is 1. The Balaban J connectivity index is 2.31. The summed E-state index contributed by atoms with van der Waals surface area (Å²) >= 11 is 0. The lowest BCUT2D eigenvalue weighted by Crippen LogP contribution is -2.44. The molecule has 1 aromatic rings. The zero-order chi connectivity index (χ0) is 18.8. The van der Waals surface area contributed by atoms with Crippen LogP contribution in [0.4, 0.5) is 4.39 Å². The van der Waals surface area contributed by atoms with Gasteiger partial charge >= 0.3 is 13.1 Å². The molecule has 1 atom stereocenters. The van der Waals surface area contributed by atoms with E-state index in [1.54, 1.807) is 5.98 Å². The normalized spacial score (nSPS) is 22.4. The molecule has 1 heterocycles. The minimum Gasteiger partial charge on any atom is -0.494 e. The first kappa shape index (κ1) is 19.5. The molecule has 1 aliphatic rings. The standard InChI is InChI=1S/C18H24BFO5/c1-7-18(4)17(2,3)24-19(25-18)9-8-12-10-13(16(21)23-6)11-14(22-5)15(12)20/h8-11H,7H2,1-6H3. The molecule has 0 radical (unpaired) electrons. The molecule has 0 bridgehead atoms. The fourth-order valence-electron chi connectivity index (χ4n) is 2.73. The Morgan fingerprint density at radius 1 is 1.28 bits per heavy atom. The Bertz CT molecular complexity index is 688. The molecule has 2 rings (SSSR count). The minimum atomic E-state index is -0.605. The van der Waals surface area contributed by atoms with Crippen LogP contribution >= 0.6 is 0 Å². The van der Waals surface area contributed by atoms with Gasteiger partial charge in [0, 0.05) is 5.56 Å². The number of halogens is 1. The predicted octanol–water partition coefficient (Wildman–Crippen LogP) is 3.66. The number of hydrogen-bond acceptors (Lipinski definition) is 5. The molecule has 1 fully saturated rings. The summed E-state index contributed by atoms with van der Waals surface area (Å²) in [5.41, 5.74) is -0.519. The van der Waals surface area contributed by atoms with Gasteiger partial charge in [0.1, 0.15) is 0 Å². The van der Waals surface area contributed by atoms with E-state index in [-0.39, 0.29) is 16.9 Å². The number of rotatable bonds is 5. The van der Waals surface area contributed by atoms with Gasteiger partial charge in [-0.25, -0.2) is 9.18 Å². The molecule has 1 unspecified atom stereocenters. The largest absolute Gasteiger partial charge is 0.494 e. The maximum absolute atomic E-state index is 14.5. The number of carbonyl (C=O) groups is 1. The maximum atomic E-state index is 14.5. The molecule has 0 N–H and O–H groups in total. The van der Waals surface area contributed by atoms with Crippen LogP contribution in [0.3, 0.4) is 0 Å². The number of hydrogen-bond donors (Lipinski definition) is 0. The molecule has 1 aromatic carbocycles.